The Morgan fingerprint density at radius 2 is 1.54 bits per heavy atom. The maximum Gasteiger partial charge on any atom is 0.264 e. The molecule has 1 atom stereocenters. The number of nitrogens with one attached hydrogen (secondary N) is 1. The third kappa shape index (κ3) is 8.07. The molecule has 0 saturated carbocycles. The number of aryl methyl sites for hydroxylation is 1. The number of nitrogens with zero attached hydrogens (tertiary/aromatic N) is 2. The zero-order valence-corrected chi connectivity index (χ0v) is 24.4. The van der Waals surface area contributed by atoms with Crippen LogP contribution in [0.15, 0.2) is 83.8 Å². The maximum atomic E-state index is 14.0. The summed E-state index contributed by atoms with van der Waals surface area (Å²) in [5, 5.41) is 3.37. The number of carbonyl (C=O) groups is 2. The van der Waals surface area contributed by atoms with Gasteiger partial charge >= 0.3 is 0 Å². The van der Waals surface area contributed by atoms with Gasteiger partial charge in [0.25, 0.3) is 10.0 Å². The van der Waals surface area contributed by atoms with Gasteiger partial charge in [0.1, 0.15) is 12.6 Å². The monoisotopic (exact) mass is 569 g/mol. The number of amides is 2. The summed E-state index contributed by atoms with van der Waals surface area (Å²) in [6, 6.07) is 21.3. The van der Waals surface area contributed by atoms with Crippen molar-refractivity contribution >= 4 is 39.1 Å². The Morgan fingerprint density at radius 1 is 0.923 bits per heavy atom. The van der Waals surface area contributed by atoms with Crippen molar-refractivity contribution in [3.05, 3.63) is 95.0 Å². The minimum Gasteiger partial charge on any atom is -0.354 e. The molecule has 3 rings (SSSR count). The molecule has 3 aromatic carbocycles. The molecule has 2 amide bonds. The van der Waals surface area contributed by atoms with Gasteiger partial charge in [0.15, 0.2) is 0 Å². The fraction of sp³-hybridized carbons (Fsp3) is 0.333. The maximum absolute atomic E-state index is 14.0. The minimum atomic E-state index is -4.12. The van der Waals surface area contributed by atoms with Crippen LogP contribution in [0.25, 0.3) is 0 Å². The van der Waals surface area contributed by atoms with Gasteiger partial charge in [-0.2, -0.15) is 0 Å². The van der Waals surface area contributed by atoms with Gasteiger partial charge in [0.2, 0.25) is 11.8 Å². The molecule has 0 aromatic heterocycles. The molecule has 0 heterocycles. The number of hydrogen-bond donors (Lipinski definition) is 1. The second-order valence-electron chi connectivity index (χ2n) is 9.87. The predicted octanol–water partition coefficient (Wildman–Crippen LogP) is 5.42. The van der Waals surface area contributed by atoms with Gasteiger partial charge in [-0.1, -0.05) is 80.4 Å². The molecule has 0 radical (unpaired) electrons. The molecule has 0 saturated heterocycles. The van der Waals surface area contributed by atoms with Crippen LogP contribution in [0.5, 0.6) is 0 Å². The fourth-order valence-electron chi connectivity index (χ4n) is 4.10. The van der Waals surface area contributed by atoms with Gasteiger partial charge in [-0.25, -0.2) is 8.42 Å². The molecular formula is C30H36ClN3O4S. The Morgan fingerprint density at radius 3 is 2.10 bits per heavy atom. The Bertz CT molecular complexity index is 1350. The van der Waals surface area contributed by atoms with Crippen LogP contribution in [0.1, 0.15) is 38.3 Å². The van der Waals surface area contributed by atoms with Crippen LogP contribution in [0.4, 0.5) is 5.69 Å². The van der Waals surface area contributed by atoms with E-state index < -0.39 is 28.5 Å². The molecule has 39 heavy (non-hydrogen) atoms. The minimum absolute atomic E-state index is 0.0622. The summed E-state index contributed by atoms with van der Waals surface area (Å²) in [6.45, 7) is 7.84. The van der Waals surface area contributed by atoms with Gasteiger partial charge in [-0.05, 0) is 61.2 Å². The molecule has 0 unspecified atom stereocenters. The highest BCUT2D eigenvalue weighted by Gasteiger charge is 2.33. The molecule has 0 aliphatic rings. The summed E-state index contributed by atoms with van der Waals surface area (Å²) in [7, 11) is -4.12. The van der Waals surface area contributed by atoms with Crippen LogP contribution in [-0.4, -0.2) is 44.3 Å². The summed E-state index contributed by atoms with van der Waals surface area (Å²) in [6.07, 6.45) is 0.369. The second-order valence-corrected chi connectivity index (χ2v) is 12.2. The van der Waals surface area contributed by atoms with E-state index in [4.69, 9.17) is 11.6 Å². The lowest BCUT2D eigenvalue weighted by Crippen LogP contribution is -2.52. The van der Waals surface area contributed by atoms with Crippen LogP contribution in [0.2, 0.25) is 5.02 Å². The van der Waals surface area contributed by atoms with E-state index in [1.54, 1.807) is 36.4 Å². The lowest BCUT2D eigenvalue weighted by atomic mass is 10.1. The van der Waals surface area contributed by atoms with Crippen molar-refractivity contribution in [1.29, 1.82) is 0 Å². The molecule has 9 heteroatoms. The predicted molar refractivity (Wildman–Crippen MR) is 156 cm³/mol. The number of sulfonamides is 1. The van der Waals surface area contributed by atoms with Gasteiger partial charge in [0.05, 0.1) is 10.6 Å². The molecule has 0 spiro atoms. The third-order valence-corrected chi connectivity index (χ3v) is 8.31. The Balaban J connectivity index is 2.02. The van der Waals surface area contributed by atoms with Crippen molar-refractivity contribution in [3.8, 4) is 0 Å². The van der Waals surface area contributed by atoms with Gasteiger partial charge < -0.3 is 10.2 Å². The standard InChI is InChI=1S/C30H36ClN3O4S/c1-5-28(30(36)32-19-22(2)3)33(20-24-9-7-6-8-10-24)29(35)21-34(26-15-13-25(31)14-16-26)39(37,38)27-17-11-23(4)12-18-27/h6-18,22,28H,5,19-21H2,1-4H3,(H,32,36)/t28-/m1/s1. The quantitative estimate of drug-likeness (QED) is 0.315. The van der Waals surface area contributed by atoms with Crippen LogP contribution < -0.4 is 9.62 Å². The smallest absolute Gasteiger partial charge is 0.264 e. The first-order valence-electron chi connectivity index (χ1n) is 13.0. The van der Waals surface area contributed by atoms with Crippen LogP contribution in [-0.2, 0) is 26.2 Å². The van der Waals surface area contributed by atoms with Crippen LogP contribution in [0.3, 0.4) is 0 Å². The molecule has 3 aromatic rings. The molecular weight excluding hydrogens is 534 g/mol. The summed E-state index contributed by atoms with van der Waals surface area (Å²) < 4.78 is 28.8. The van der Waals surface area contributed by atoms with Crippen molar-refractivity contribution in [2.24, 2.45) is 5.92 Å². The Kier molecular flexibility index (Phi) is 10.5. The first kappa shape index (κ1) is 30.2. The summed E-state index contributed by atoms with van der Waals surface area (Å²) in [5.74, 6) is -0.518. The lowest BCUT2D eigenvalue weighted by Gasteiger charge is -2.33. The van der Waals surface area contributed by atoms with E-state index in [0.717, 1.165) is 15.4 Å². The normalized spacial score (nSPS) is 12.2. The van der Waals surface area contributed by atoms with Crippen molar-refractivity contribution in [2.45, 2.75) is 51.6 Å². The van der Waals surface area contributed by atoms with E-state index in [2.05, 4.69) is 5.32 Å². The van der Waals surface area contributed by atoms with Crippen molar-refractivity contribution in [2.75, 3.05) is 17.4 Å². The molecule has 7 nitrogen and oxygen atoms in total. The molecule has 0 fully saturated rings. The highest BCUT2D eigenvalue weighted by molar-refractivity contribution is 7.92. The fourth-order valence-corrected chi connectivity index (χ4v) is 5.64. The molecule has 1 N–H and O–H groups in total. The number of halogens is 1. The van der Waals surface area contributed by atoms with E-state index in [1.807, 2.05) is 58.0 Å². The largest absolute Gasteiger partial charge is 0.354 e. The van der Waals surface area contributed by atoms with E-state index in [9.17, 15) is 18.0 Å². The average molecular weight is 570 g/mol. The van der Waals surface area contributed by atoms with Crippen LogP contribution >= 0.6 is 11.6 Å². The number of benzene rings is 3. The first-order chi connectivity index (χ1) is 18.5. The SMILES string of the molecule is CC[C@H](C(=O)NCC(C)C)N(Cc1ccccc1)C(=O)CN(c1ccc(Cl)cc1)S(=O)(=O)c1ccc(C)cc1. The highest BCUT2D eigenvalue weighted by Crippen LogP contribution is 2.26. The summed E-state index contributed by atoms with van der Waals surface area (Å²) >= 11 is 6.07. The molecule has 208 valence electrons. The molecule has 0 bridgehead atoms. The van der Waals surface area contributed by atoms with E-state index in [1.165, 1.54) is 17.0 Å². The van der Waals surface area contributed by atoms with E-state index in [0.29, 0.717) is 23.7 Å². The summed E-state index contributed by atoms with van der Waals surface area (Å²) in [5.41, 5.74) is 2.04. The van der Waals surface area contributed by atoms with Crippen molar-refractivity contribution < 1.29 is 18.0 Å². The van der Waals surface area contributed by atoms with Gasteiger partial charge in [0, 0.05) is 18.1 Å². The lowest BCUT2D eigenvalue weighted by molar-refractivity contribution is -0.140. The van der Waals surface area contributed by atoms with E-state index >= 15 is 0 Å². The van der Waals surface area contributed by atoms with E-state index in [-0.39, 0.29) is 23.3 Å². The number of anilines is 1. The second kappa shape index (κ2) is 13.6. The summed E-state index contributed by atoms with van der Waals surface area (Å²) in [4.78, 5) is 28.7. The van der Waals surface area contributed by atoms with Crippen molar-refractivity contribution in [3.63, 3.8) is 0 Å². The zero-order valence-electron chi connectivity index (χ0n) is 22.8. The Labute approximate surface area is 236 Å². The highest BCUT2D eigenvalue weighted by atomic mass is 35.5. The van der Waals surface area contributed by atoms with Crippen molar-refractivity contribution in [1.82, 2.24) is 10.2 Å². The zero-order chi connectivity index (χ0) is 28.6. The first-order valence-corrected chi connectivity index (χ1v) is 14.8. The molecule has 0 aliphatic carbocycles. The number of carbonyl (C=O) groups excluding carboxylic acids is 2. The van der Waals surface area contributed by atoms with Gasteiger partial charge in [-0.3, -0.25) is 13.9 Å². The topological polar surface area (TPSA) is 86.8 Å². The van der Waals surface area contributed by atoms with Crippen LogP contribution in [0, 0.1) is 12.8 Å². The average Bonchev–Trinajstić information content (AvgIpc) is 2.91. The number of rotatable bonds is 12. The third-order valence-electron chi connectivity index (χ3n) is 6.27. The molecule has 0 aliphatic heterocycles. The van der Waals surface area contributed by atoms with Gasteiger partial charge in [-0.15, -0.1) is 0 Å². The Hall–Kier alpha value is -3.36. The number of hydrogen-bond acceptors (Lipinski definition) is 4.